The summed E-state index contributed by atoms with van der Waals surface area (Å²) in [5.74, 6) is -0.483. The maximum absolute atomic E-state index is 14.6. The summed E-state index contributed by atoms with van der Waals surface area (Å²) in [7, 11) is -4.07. The van der Waals surface area contributed by atoms with Crippen LogP contribution in [0, 0.1) is 5.82 Å². The summed E-state index contributed by atoms with van der Waals surface area (Å²) in [5, 5.41) is 2.90. The highest BCUT2D eigenvalue weighted by Gasteiger charge is 2.26. The minimum atomic E-state index is -4.07. The van der Waals surface area contributed by atoms with Crippen molar-refractivity contribution in [1.29, 1.82) is 0 Å². The van der Waals surface area contributed by atoms with Gasteiger partial charge in [0, 0.05) is 31.5 Å². The lowest BCUT2D eigenvalue weighted by molar-refractivity contribution is 0.110. The molecule has 0 unspecified atom stereocenters. The van der Waals surface area contributed by atoms with Gasteiger partial charge in [-0.1, -0.05) is 39.0 Å². The first-order valence-corrected chi connectivity index (χ1v) is 14.3. The second-order valence-electron chi connectivity index (χ2n) is 10.3. The molecule has 3 aromatic rings. The summed E-state index contributed by atoms with van der Waals surface area (Å²) in [6.07, 6.45) is 0. The van der Waals surface area contributed by atoms with Gasteiger partial charge in [-0.15, -0.1) is 0 Å². The molecule has 0 saturated heterocycles. The van der Waals surface area contributed by atoms with Gasteiger partial charge in [-0.2, -0.15) is 0 Å². The molecule has 1 aliphatic rings. The lowest BCUT2D eigenvalue weighted by Gasteiger charge is -2.20. The van der Waals surface area contributed by atoms with Crippen molar-refractivity contribution < 1.29 is 27.1 Å². The third-order valence-corrected chi connectivity index (χ3v) is 7.75. The maximum atomic E-state index is 14.6. The van der Waals surface area contributed by atoms with Crippen LogP contribution in [0.15, 0.2) is 65.6 Å². The Kier molecular flexibility index (Phi) is 8.46. The Hall–Kier alpha value is -3.63. The molecule has 0 aromatic heterocycles. The third-order valence-electron chi connectivity index (χ3n) is 6.39. The number of hydrogen-bond acceptors (Lipinski definition) is 5. The van der Waals surface area contributed by atoms with Crippen LogP contribution in [0.2, 0.25) is 0 Å². The number of nitrogens with one attached hydrogen (secondary N) is 2. The van der Waals surface area contributed by atoms with Crippen LogP contribution >= 0.6 is 0 Å². The van der Waals surface area contributed by atoms with Crippen LogP contribution in [0.25, 0.3) is 0 Å². The van der Waals surface area contributed by atoms with E-state index in [0.717, 1.165) is 22.8 Å². The van der Waals surface area contributed by atoms with Crippen LogP contribution in [0.1, 0.15) is 44.4 Å². The van der Waals surface area contributed by atoms with E-state index in [4.69, 9.17) is 9.47 Å². The van der Waals surface area contributed by atoms with Gasteiger partial charge in [0.15, 0.2) is 5.82 Å². The van der Waals surface area contributed by atoms with Crippen molar-refractivity contribution in [2.75, 3.05) is 29.9 Å². The number of benzene rings is 3. The predicted molar refractivity (Wildman–Crippen MR) is 149 cm³/mol. The van der Waals surface area contributed by atoms with Crippen molar-refractivity contribution >= 4 is 27.4 Å². The molecule has 4 rings (SSSR count). The van der Waals surface area contributed by atoms with Crippen LogP contribution in [-0.4, -0.2) is 39.2 Å². The average Bonchev–Trinajstić information content (AvgIpc) is 3.32. The van der Waals surface area contributed by atoms with E-state index in [1.807, 2.05) is 31.2 Å². The van der Waals surface area contributed by atoms with Crippen molar-refractivity contribution in [3.63, 3.8) is 0 Å². The Morgan fingerprint density at radius 1 is 0.974 bits per heavy atom. The molecule has 3 aromatic carbocycles. The number of ether oxygens (including phenoxy) is 2. The summed E-state index contributed by atoms with van der Waals surface area (Å²) < 4.78 is 53.5. The predicted octanol–water partition coefficient (Wildman–Crippen LogP) is 5.89. The molecule has 8 nitrogen and oxygen atoms in total. The molecule has 0 saturated carbocycles. The number of fused-ring (bicyclic) bond motifs is 1. The highest BCUT2D eigenvalue weighted by atomic mass is 32.2. The summed E-state index contributed by atoms with van der Waals surface area (Å²) in [4.78, 5) is 14.5. The number of anilines is 2. The molecule has 1 heterocycles. The maximum Gasteiger partial charge on any atom is 0.322 e. The van der Waals surface area contributed by atoms with Gasteiger partial charge >= 0.3 is 6.03 Å². The largest absolute Gasteiger partial charge is 0.491 e. The fraction of sp³-hybridized carbons (Fsp3) is 0.345. The van der Waals surface area contributed by atoms with Crippen LogP contribution in [-0.2, 0) is 33.3 Å². The minimum Gasteiger partial charge on any atom is -0.491 e. The molecule has 2 N–H and O–H groups in total. The van der Waals surface area contributed by atoms with Crippen LogP contribution in [0.5, 0.6) is 5.75 Å². The van der Waals surface area contributed by atoms with Gasteiger partial charge in [-0.3, -0.25) is 4.72 Å². The topological polar surface area (TPSA) is 97.0 Å². The van der Waals surface area contributed by atoms with Gasteiger partial charge in [0.2, 0.25) is 0 Å². The summed E-state index contributed by atoms with van der Waals surface area (Å²) >= 11 is 0. The first-order valence-electron chi connectivity index (χ1n) is 12.8. The molecule has 0 fully saturated rings. The number of halogens is 1. The number of sulfonamides is 1. The molecule has 0 radical (unpaired) electrons. The van der Waals surface area contributed by atoms with Crippen molar-refractivity contribution in [3.8, 4) is 5.75 Å². The molecular formula is C29H34FN3O5S. The molecule has 0 aliphatic carbocycles. The molecule has 10 heteroatoms. The first-order chi connectivity index (χ1) is 18.5. The lowest BCUT2D eigenvalue weighted by Crippen LogP contribution is -2.30. The van der Waals surface area contributed by atoms with Gasteiger partial charge in [0.05, 0.1) is 17.2 Å². The summed E-state index contributed by atoms with van der Waals surface area (Å²) in [6, 6.07) is 16.0. The molecule has 208 valence electrons. The Bertz CT molecular complexity index is 1440. The van der Waals surface area contributed by atoms with E-state index < -0.39 is 15.8 Å². The Morgan fingerprint density at radius 3 is 2.36 bits per heavy atom. The van der Waals surface area contributed by atoms with Crippen LogP contribution in [0.4, 0.5) is 20.6 Å². The second-order valence-corrected chi connectivity index (χ2v) is 12.0. The van der Waals surface area contributed by atoms with Gasteiger partial charge in [-0.05, 0) is 65.4 Å². The van der Waals surface area contributed by atoms with Gasteiger partial charge in [0.25, 0.3) is 10.0 Å². The molecule has 39 heavy (non-hydrogen) atoms. The van der Waals surface area contributed by atoms with E-state index in [1.54, 1.807) is 11.0 Å². The van der Waals surface area contributed by atoms with Gasteiger partial charge in [0.1, 0.15) is 12.4 Å². The first kappa shape index (κ1) is 28.4. The standard InChI is InChI=1S/C29H34FN3O5S/c1-5-37-14-15-38-24-11-13-27(26(30)17-24)32-39(35,36)25-12-6-20-18-33(19-21(20)16-25)28(34)31-23-9-7-22(8-10-23)29(2,3)4/h6-13,16-17,32H,5,14-15,18-19H2,1-4H3,(H,31,34). The number of carbonyl (C=O) groups is 1. The number of amides is 2. The Labute approximate surface area is 229 Å². The van der Waals surface area contributed by atoms with Crippen LogP contribution in [0.3, 0.4) is 0 Å². The van der Waals surface area contributed by atoms with Crippen molar-refractivity contribution in [1.82, 2.24) is 4.90 Å². The molecule has 0 atom stereocenters. The zero-order chi connectivity index (χ0) is 28.2. The van der Waals surface area contributed by atoms with Gasteiger partial charge < -0.3 is 19.7 Å². The Balaban J connectivity index is 1.39. The second kappa shape index (κ2) is 11.6. The summed E-state index contributed by atoms with van der Waals surface area (Å²) in [5.41, 5.74) is 3.24. The quantitative estimate of drug-likeness (QED) is 0.321. The zero-order valence-corrected chi connectivity index (χ0v) is 23.4. The smallest absolute Gasteiger partial charge is 0.322 e. The highest BCUT2D eigenvalue weighted by molar-refractivity contribution is 7.92. The van der Waals surface area contributed by atoms with Crippen molar-refractivity contribution in [2.24, 2.45) is 0 Å². The molecule has 0 bridgehead atoms. The van der Waals surface area contributed by atoms with Crippen molar-refractivity contribution in [3.05, 3.63) is 83.2 Å². The normalized spacial score (nSPS) is 13.2. The number of nitrogens with zero attached hydrogens (tertiary/aromatic N) is 1. The fourth-order valence-electron chi connectivity index (χ4n) is 4.17. The van der Waals surface area contributed by atoms with E-state index in [9.17, 15) is 17.6 Å². The lowest BCUT2D eigenvalue weighted by atomic mass is 9.87. The zero-order valence-electron chi connectivity index (χ0n) is 22.6. The molecule has 0 spiro atoms. The minimum absolute atomic E-state index is 0.0133. The number of rotatable bonds is 9. The number of carbonyl (C=O) groups excluding carboxylic acids is 1. The number of hydrogen-bond donors (Lipinski definition) is 2. The molecule has 1 aliphatic heterocycles. The van der Waals surface area contributed by atoms with E-state index >= 15 is 0 Å². The summed E-state index contributed by atoms with van der Waals surface area (Å²) in [6.45, 7) is 10.0. The average molecular weight is 556 g/mol. The monoisotopic (exact) mass is 555 g/mol. The van der Waals surface area contributed by atoms with E-state index in [1.165, 1.54) is 24.3 Å². The number of urea groups is 1. The third kappa shape index (κ3) is 7.07. The fourth-order valence-corrected chi connectivity index (χ4v) is 5.29. The van der Waals surface area contributed by atoms with E-state index in [-0.39, 0.29) is 40.9 Å². The molecule has 2 amide bonds. The van der Waals surface area contributed by atoms with E-state index in [2.05, 4.69) is 30.8 Å². The van der Waals surface area contributed by atoms with Gasteiger partial charge in [-0.25, -0.2) is 17.6 Å². The Morgan fingerprint density at radius 2 is 1.69 bits per heavy atom. The van der Waals surface area contributed by atoms with E-state index in [0.29, 0.717) is 25.4 Å². The SMILES string of the molecule is CCOCCOc1ccc(NS(=O)(=O)c2ccc3c(c2)CN(C(=O)Nc2ccc(C(C)(C)C)cc2)C3)c(F)c1. The van der Waals surface area contributed by atoms with Crippen LogP contribution < -0.4 is 14.8 Å². The molecular weight excluding hydrogens is 521 g/mol. The van der Waals surface area contributed by atoms with Crippen molar-refractivity contribution in [2.45, 2.75) is 51.1 Å². The highest BCUT2D eigenvalue weighted by Crippen LogP contribution is 2.29.